The average molecular weight is 606 g/mol. The molecule has 1 heterocycles. The van der Waals surface area contributed by atoms with Gasteiger partial charge in [0.15, 0.2) is 0 Å². The zero-order chi connectivity index (χ0) is 31.9. The van der Waals surface area contributed by atoms with Crippen molar-refractivity contribution in [3.05, 3.63) is 59.2 Å². The zero-order valence-corrected chi connectivity index (χ0v) is 24.1. The van der Waals surface area contributed by atoms with Crippen LogP contribution >= 0.6 is 0 Å². The van der Waals surface area contributed by atoms with Crippen molar-refractivity contribution in [3.63, 3.8) is 0 Å². The molecule has 0 bridgehead atoms. The lowest BCUT2D eigenvalue weighted by Gasteiger charge is -2.23. The molecule has 0 aliphatic carbocycles. The van der Waals surface area contributed by atoms with Gasteiger partial charge in [-0.15, -0.1) is 0 Å². The summed E-state index contributed by atoms with van der Waals surface area (Å²) in [7, 11) is -1.12. The maximum Gasteiger partial charge on any atom is 0.492 e. The molecular formula is C28H38BF3N6O5. The average Bonchev–Trinajstić information content (AvgIpc) is 3.17. The van der Waals surface area contributed by atoms with Crippen molar-refractivity contribution >= 4 is 36.0 Å². The largest absolute Gasteiger partial charge is 0.492 e. The van der Waals surface area contributed by atoms with Crippen LogP contribution in [0.15, 0.2) is 42.5 Å². The molecule has 0 fully saturated rings. The van der Waals surface area contributed by atoms with Crippen LogP contribution in [0.1, 0.15) is 43.4 Å². The predicted octanol–water partition coefficient (Wildman–Crippen LogP) is 0.178. The van der Waals surface area contributed by atoms with Gasteiger partial charge in [0.2, 0.25) is 17.7 Å². The Balaban J connectivity index is 1.76. The first-order chi connectivity index (χ1) is 20.2. The SMILES string of the molecule is CC1(C)OB(O)c2ccc(NC(=O)C(Cc3ccc(C(F)(F)F)cc3)NC(=O)C(N)CCC(=O)N(CCN)CCN)cc21. The Morgan fingerprint density at radius 3 is 2.26 bits per heavy atom. The van der Waals surface area contributed by atoms with Gasteiger partial charge < -0.3 is 42.4 Å². The van der Waals surface area contributed by atoms with E-state index in [2.05, 4.69) is 10.6 Å². The summed E-state index contributed by atoms with van der Waals surface area (Å²) in [5.74, 6) is -1.63. The van der Waals surface area contributed by atoms with E-state index in [4.69, 9.17) is 21.9 Å². The first-order valence-corrected chi connectivity index (χ1v) is 13.9. The smallest absolute Gasteiger partial charge is 0.423 e. The van der Waals surface area contributed by atoms with Crippen LogP contribution in [0.25, 0.3) is 0 Å². The number of benzene rings is 2. The van der Waals surface area contributed by atoms with Crippen LogP contribution in [-0.4, -0.2) is 73.0 Å². The molecule has 43 heavy (non-hydrogen) atoms. The molecule has 234 valence electrons. The van der Waals surface area contributed by atoms with E-state index in [1.54, 1.807) is 32.0 Å². The van der Waals surface area contributed by atoms with Crippen LogP contribution in [-0.2, 0) is 37.2 Å². The Morgan fingerprint density at radius 1 is 1.05 bits per heavy atom. The highest BCUT2D eigenvalue weighted by atomic mass is 19.4. The number of rotatable bonds is 13. The third kappa shape index (κ3) is 9.00. The van der Waals surface area contributed by atoms with E-state index < -0.39 is 48.4 Å². The van der Waals surface area contributed by atoms with Gasteiger partial charge in [-0.3, -0.25) is 14.4 Å². The molecule has 11 nitrogen and oxygen atoms in total. The number of nitrogens with one attached hydrogen (secondary N) is 2. The summed E-state index contributed by atoms with van der Waals surface area (Å²) in [5, 5.41) is 15.5. The molecule has 0 aromatic heterocycles. The highest BCUT2D eigenvalue weighted by Gasteiger charge is 2.40. The van der Waals surface area contributed by atoms with Crippen LogP contribution in [0.2, 0.25) is 0 Å². The molecule has 0 saturated carbocycles. The predicted molar refractivity (Wildman–Crippen MR) is 156 cm³/mol. The third-order valence-corrected chi connectivity index (χ3v) is 7.15. The van der Waals surface area contributed by atoms with Crippen LogP contribution < -0.4 is 33.3 Å². The Labute approximate surface area is 248 Å². The number of fused-ring (bicyclic) bond motifs is 1. The standard InChI is InChI=1S/C28H38BF3N6O5/c1-27(2)20-16-19(7-8-21(20)29(42)43-27)36-26(41)23(15-17-3-5-18(6-4-17)28(30,31)32)37-25(40)22(35)9-10-24(39)38(13-11-33)14-12-34/h3-8,16,22-23,42H,9-15,33-35H2,1-2H3,(H,36,41)(H,37,40). The first kappa shape index (κ1) is 34.0. The number of nitrogens with two attached hydrogens (primary N) is 3. The monoisotopic (exact) mass is 606 g/mol. The van der Waals surface area contributed by atoms with Gasteiger partial charge in [0.25, 0.3) is 0 Å². The lowest BCUT2D eigenvalue weighted by molar-refractivity contribution is -0.137. The van der Waals surface area contributed by atoms with Gasteiger partial charge in [0.1, 0.15) is 6.04 Å². The fraction of sp³-hybridized carbons (Fsp3) is 0.464. The van der Waals surface area contributed by atoms with Crippen molar-refractivity contribution in [3.8, 4) is 0 Å². The molecule has 3 amide bonds. The van der Waals surface area contributed by atoms with Crippen molar-refractivity contribution in [2.24, 2.45) is 17.2 Å². The Kier molecular flexibility index (Phi) is 11.3. The van der Waals surface area contributed by atoms with Crippen LogP contribution in [0, 0.1) is 0 Å². The topological polar surface area (TPSA) is 186 Å². The summed E-state index contributed by atoms with van der Waals surface area (Å²) in [5.41, 5.74) is 17.4. The van der Waals surface area contributed by atoms with Crippen LogP contribution in [0.5, 0.6) is 0 Å². The van der Waals surface area contributed by atoms with Crippen molar-refractivity contribution in [2.75, 3.05) is 31.5 Å². The lowest BCUT2D eigenvalue weighted by Crippen LogP contribution is -2.51. The van der Waals surface area contributed by atoms with E-state index in [0.29, 0.717) is 35.4 Å². The summed E-state index contributed by atoms with van der Waals surface area (Å²) < 4.78 is 44.7. The summed E-state index contributed by atoms with van der Waals surface area (Å²) in [6.45, 7) is 4.62. The number of nitrogens with zero attached hydrogens (tertiary/aromatic N) is 1. The molecule has 2 unspecified atom stereocenters. The minimum atomic E-state index is -4.53. The molecule has 9 N–H and O–H groups in total. The van der Waals surface area contributed by atoms with Gasteiger partial charge in [-0.05, 0) is 61.1 Å². The maximum atomic E-state index is 13.4. The molecule has 1 aliphatic rings. The number of hydrogen-bond donors (Lipinski definition) is 6. The molecule has 2 aromatic rings. The minimum absolute atomic E-state index is 0.0207. The van der Waals surface area contributed by atoms with Gasteiger partial charge in [0, 0.05) is 44.7 Å². The molecular weight excluding hydrogens is 568 g/mol. The number of amides is 3. The van der Waals surface area contributed by atoms with E-state index in [9.17, 15) is 32.6 Å². The summed E-state index contributed by atoms with van der Waals surface area (Å²) in [4.78, 5) is 40.4. The van der Waals surface area contributed by atoms with Crippen molar-refractivity contribution in [1.29, 1.82) is 0 Å². The number of alkyl halides is 3. The second kappa shape index (κ2) is 14.3. The Morgan fingerprint density at radius 2 is 1.67 bits per heavy atom. The van der Waals surface area contributed by atoms with Crippen LogP contribution in [0.3, 0.4) is 0 Å². The second-order valence-corrected chi connectivity index (χ2v) is 10.8. The van der Waals surface area contributed by atoms with Gasteiger partial charge in [-0.2, -0.15) is 13.2 Å². The van der Waals surface area contributed by atoms with Crippen molar-refractivity contribution in [2.45, 2.75) is 57.0 Å². The van der Waals surface area contributed by atoms with Crippen molar-refractivity contribution < 1.29 is 37.2 Å². The normalized spacial score (nSPS) is 15.4. The molecule has 3 rings (SSSR count). The van der Waals surface area contributed by atoms with Gasteiger partial charge >= 0.3 is 13.3 Å². The quantitative estimate of drug-likeness (QED) is 0.174. The third-order valence-electron chi connectivity index (χ3n) is 7.15. The highest BCUT2D eigenvalue weighted by Crippen LogP contribution is 2.32. The maximum absolute atomic E-state index is 13.4. The van der Waals surface area contributed by atoms with Gasteiger partial charge in [-0.25, -0.2) is 0 Å². The Hall–Kier alpha value is -3.50. The number of carbonyl (C=O) groups excluding carboxylic acids is 3. The number of carbonyl (C=O) groups is 3. The highest BCUT2D eigenvalue weighted by molar-refractivity contribution is 6.62. The second-order valence-electron chi connectivity index (χ2n) is 10.8. The van der Waals surface area contributed by atoms with E-state index in [-0.39, 0.29) is 38.3 Å². The van der Waals surface area contributed by atoms with E-state index in [0.717, 1.165) is 12.1 Å². The van der Waals surface area contributed by atoms with Crippen LogP contribution in [0.4, 0.5) is 18.9 Å². The molecule has 0 saturated heterocycles. The fourth-order valence-corrected chi connectivity index (χ4v) is 4.80. The number of hydrogen-bond acceptors (Lipinski definition) is 8. The number of anilines is 1. The summed E-state index contributed by atoms with van der Waals surface area (Å²) in [6.07, 6.45) is -4.74. The molecule has 2 aromatic carbocycles. The molecule has 1 aliphatic heterocycles. The minimum Gasteiger partial charge on any atom is -0.423 e. The Bertz CT molecular complexity index is 1290. The molecule has 0 spiro atoms. The fourth-order valence-electron chi connectivity index (χ4n) is 4.80. The molecule has 0 radical (unpaired) electrons. The summed E-state index contributed by atoms with van der Waals surface area (Å²) in [6, 6.07) is 6.70. The summed E-state index contributed by atoms with van der Waals surface area (Å²) >= 11 is 0. The molecule has 2 atom stereocenters. The van der Waals surface area contributed by atoms with Crippen molar-refractivity contribution in [1.82, 2.24) is 10.2 Å². The first-order valence-electron chi connectivity index (χ1n) is 13.9. The van der Waals surface area contributed by atoms with Gasteiger partial charge in [0.05, 0.1) is 17.2 Å². The van der Waals surface area contributed by atoms with E-state index >= 15 is 0 Å². The van der Waals surface area contributed by atoms with E-state index in [1.165, 1.54) is 17.0 Å². The lowest BCUT2D eigenvalue weighted by atomic mass is 9.78. The van der Waals surface area contributed by atoms with E-state index in [1.807, 2.05) is 0 Å². The zero-order valence-electron chi connectivity index (χ0n) is 24.1. The molecule has 15 heteroatoms. The van der Waals surface area contributed by atoms with Gasteiger partial charge in [-0.1, -0.05) is 18.2 Å². The number of halogens is 3.